The SMILES string of the molecule is CCc1nncn1CCNC(=NCCc1ccccc1)NC(C)c1ccc(F)cc1F. The van der Waals surface area contributed by atoms with Crippen molar-refractivity contribution in [1.29, 1.82) is 0 Å². The van der Waals surface area contributed by atoms with Crippen LogP contribution in [-0.4, -0.2) is 33.8 Å². The Morgan fingerprint density at radius 2 is 1.97 bits per heavy atom. The second-order valence-corrected chi connectivity index (χ2v) is 7.22. The number of nitrogens with one attached hydrogen (secondary N) is 2. The Morgan fingerprint density at radius 1 is 1.16 bits per heavy atom. The minimum atomic E-state index is -0.594. The van der Waals surface area contributed by atoms with Crippen molar-refractivity contribution in [3.8, 4) is 0 Å². The number of aromatic nitrogens is 3. The maximum Gasteiger partial charge on any atom is 0.191 e. The number of aryl methyl sites for hydroxylation is 1. The van der Waals surface area contributed by atoms with Crippen LogP contribution in [0.15, 0.2) is 59.9 Å². The maximum absolute atomic E-state index is 14.2. The molecule has 3 rings (SSSR count). The smallest absolute Gasteiger partial charge is 0.191 e. The molecule has 164 valence electrons. The first kappa shape index (κ1) is 22.4. The van der Waals surface area contributed by atoms with E-state index < -0.39 is 11.6 Å². The fourth-order valence-corrected chi connectivity index (χ4v) is 3.26. The maximum atomic E-state index is 14.2. The summed E-state index contributed by atoms with van der Waals surface area (Å²) in [6.45, 7) is 5.70. The molecule has 8 heteroatoms. The van der Waals surface area contributed by atoms with Gasteiger partial charge in [-0.1, -0.05) is 43.3 Å². The van der Waals surface area contributed by atoms with Gasteiger partial charge in [-0.05, 0) is 25.0 Å². The average Bonchev–Trinajstić information content (AvgIpc) is 3.21. The lowest BCUT2D eigenvalue weighted by molar-refractivity contribution is 0.549. The van der Waals surface area contributed by atoms with Crippen LogP contribution in [0.1, 0.15) is 36.8 Å². The molecular formula is C23H28F2N6. The van der Waals surface area contributed by atoms with Crippen molar-refractivity contribution >= 4 is 5.96 Å². The van der Waals surface area contributed by atoms with Crippen LogP contribution >= 0.6 is 0 Å². The zero-order valence-electron chi connectivity index (χ0n) is 17.9. The van der Waals surface area contributed by atoms with Gasteiger partial charge < -0.3 is 15.2 Å². The molecule has 0 aliphatic heterocycles. The van der Waals surface area contributed by atoms with Crippen LogP contribution in [0.5, 0.6) is 0 Å². The first-order valence-electron chi connectivity index (χ1n) is 10.5. The van der Waals surface area contributed by atoms with Gasteiger partial charge in [0.15, 0.2) is 5.96 Å². The summed E-state index contributed by atoms with van der Waals surface area (Å²) < 4.78 is 29.4. The number of guanidine groups is 1. The second kappa shape index (κ2) is 11.2. The van der Waals surface area contributed by atoms with Gasteiger partial charge in [0.05, 0.1) is 6.04 Å². The summed E-state index contributed by atoms with van der Waals surface area (Å²) in [6, 6.07) is 13.3. The van der Waals surface area contributed by atoms with Crippen molar-refractivity contribution in [3.05, 3.63) is 83.4 Å². The molecule has 1 heterocycles. The molecule has 1 atom stereocenters. The van der Waals surface area contributed by atoms with E-state index in [2.05, 4.69) is 38.0 Å². The second-order valence-electron chi connectivity index (χ2n) is 7.22. The Bertz CT molecular complexity index is 987. The molecule has 0 saturated heterocycles. The normalized spacial score (nSPS) is 12.6. The van der Waals surface area contributed by atoms with Crippen molar-refractivity contribution < 1.29 is 8.78 Å². The molecule has 0 radical (unpaired) electrons. The summed E-state index contributed by atoms with van der Waals surface area (Å²) in [7, 11) is 0. The van der Waals surface area contributed by atoms with E-state index >= 15 is 0 Å². The van der Waals surface area contributed by atoms with Crippen LogP contribution in [0, 0.1) is 11.6 Å². The number of rotatable bonds is 9. The highest BCUT2D eigenvalue weighted by atomic mass is 19.1. The quantitative estimate of drug-likeness (QED) is 0.405. The van der Waals surface area contributed by atoms with Crippen molar-refractivity contribution in [2.45, 2.75) is 39.3 Å². The van der Waals surface area contributed by atoms with Crippen molar-refractivity contribution in [1.82, 2.24) is 25.4 Å². The largest absolute Gasteiger partial charge is 0.355 e. The molecule has 0 amide bonds. The predicted molar refractivity (Wildman–Crippen MR) is 118 cm³/mol. The molecule has 1 aromatic heterocycles. The average molecular weight is 427 g/mol. The van der Waals surface area contributed by atoms with E-state index in [1.54, 1.807) is 6.33 Å². The molecule has 0 fully saturated rings. The molecule has 2 N–H and O–H groups in total. The lowest BCUT2D eigenvalue weighted by Gasteiger charge is -2.19. The minimum absolute atomic E-state index is 0.381. The van der Waals surface area contributed by atoms with Gasteiger partial charge in [0.1, 0.15) is 23.8 Å². The summed E-state index contributed by atoms with van der Waals surface area (Å²) in [4.78, 5) is 4.65. The van der Waals surface area contributed by atoms with Gasteiger partial charge in [-0.3, -0.25) is 4.99 Å². The number of hydrogen-bond donors (Lipinski definition) is 2. The van der Waals surface area contributed by atoms with Crippen molar-refractivity contribution in [2.75, 3.05) is 13.1 Å². The Labute approximate surface area is 181 Å². The molecule has 2 aromatic carbocycles. The van der Waals surface area contributed by atoms with Crippen molar-refractivity contribution in [2.24, 2.45) is 4.99 Å². The van der Waals surface area contributed by atoms with Gasteiger partial charge in [0.25, 0.3) is 0 Å². The van der Waals surface area contributed by atoms with Gasteiger partial charge in [0, 0.05) is 37.7 Å². The molecule has 0 aliphatic carbocycles. The molecule has 0 spiro atoms. The number of nitrogens with zero attached hydrogens (tertiary/aromatic N) is 4. The van der Waals surface area contributed by atoms with E-state index in [1.807, 2.05) is 36.6 Å². The van der Waals surface area contributed by atoms with Crippen LogP contribution in [0.4, 0.5) is 8.78 Å². The van der Waals surface area contributed by atoms with E-state index in [0.717, 1.165) is 24.7 Å². The van der Waals surface area contributed by atoms with E-state index in [0.29, 0.717) is 31.2 Å². The fraction of sp³-hybridized carbons (Fsp3) is 0.348. The molecule has 1 unspecified atom stereocenters. The predicted octanol–water partition coefficient (Wildman–Crippen LogP) is 3.66. The van der Waals surface area contributed by atoms with E-state index in [9.17, 15) is 8.78 Å². The third kappa shape index (κ3) is 6.60. The number of hydrogen-bond acceptors (Lipinski definition) is 3. The van der Waals surface area contributed by atoms with Gasteiger partial charge in [-0.15, -0.1) is 10.2 Å². The molecular weight excluding hydrogens is 398 g/mol. The summed E-state index contributed by atoms with van der Waals surface area (Å²) >= 11 is 0. The Morgan fingerprint density at radius 3 is 2.71 bits per heavy atom. The van der Waals surface area contributed by atoms with Crippen LogP contribution < -0.4 is 10.6 Å². The summed E-state index contributed by atoms with van der Waals surface area (Å²) in [5.41, 5.74) is 1.58. The summed E-state index contributed by atoms with van der Waals surface area (Å²) in [6.07, 6.45) is 3.30. The highest BCUT2D eigenvalue weighted by Gasteiger charge is 2.13. The number of benzene rings is 2. The molecule has 0 bridgehead atoms. The molecule has 31 heavy (non-hydrogen) atoms. The number of halogens is 2. The van der Waals surface area contributed by atoms with Crippen molar-refractivity contribution in [3.63, 3.8) is 0 Å². The Balaban J connectivity index is 1.65. The molecule has 0 aliphatic rings. The highest BCUT2D eigenvalue weighted by Crippen LogP contribution is 2.17. The van der Waals surface area contributed by atoms with Crippen LogP contribution in [0.2, 0.25) is 0 Å². The van der Waals surface area contributed by atoms with Gasteiger partial charge in [-0.2, -0.15) is 0 Å². The monoisotopic (exact) mass is 426 g/mol. The fourth-order valence-electron chi connectivity index (χ4n) is 3.26. The highest BCUT2D eigenvalue weighted by molar-refractivity contribution is 5.80. The molecule has 6 nitrogen and oxygen atoms in total. The topological polar surface area (TPSA) is 67.1 Å². The third-order valence-electron chi connectivity index (χ3n) is 4.95. The van der Waals surface area contributed by atoms with Gasteiger partial charge in [-0.25, -0.2) is 8.78 Å². The Kier molecular flexibility index (Phi) is 8.09. The van der Waals surface area contributed by atoms with Crippen LogP contribution in [0.25, 0.3) is 0 Å². The molecule has 3 aromatic rings. The lowest BCUT2D eigenvalue weighted by atomic mass is 10.1. The van der Waals surface area contributed by atoms with E-state index in [4.69, 9.17) is 0 Å². The molecule has 0 saturated carbocycles. The van der Waals surface area contributed by atoms with Crippen LogP contribution in [0.3, 0.4) is 0 Å². The van der Waals surface area contributed by atoms with Gasteiger partial charge in [0.2, 0.25) is 0 Å². The first-order chi connectivity index (χ1) is 15.1. The van der Waals surface area contributed by atoms with Crippen LogP contribution in [-0.2, 0) is 19.4 Å². The minimum Gasteiger partial charge on any atom is -0.355 e. The zero-order chi connectivity index (χ0) is 22.1. The standard InChI is InChI=1S/C23H28F2N6/c1-3-22-30-28-16-31(22)14-13-27-23(26-12-11-18-7-5-4-6-8-18)29-17(2)20-10-9-19(24)15-21(20)25/h4-10,15-17H,3,11-14H2,1-2H3,(H2,26,27,29). The first-order valence-corrected chi connectivity index (χ1v) is 10.5. The zero-order valence-corrected chi connectivity index (χ0v) is 17.9. The summed E-state index contributed by atoms with van der Waals surface area (Å²) in [5.74, 6) is 0.307. The number of aliphatic imine (C=N–C) groups is 1. The van der Waals surface area contributed by atoms with E-state index in [1.165, 1.54) is 17.7 Å². The Hall–Kier alpha value is -3.29. The third-order valence-corrected chi connectivity index (χ3v) is 4.95. The summed E-state index contributed by atoms with van der Waals surface area (Å²) in [5, 5.41) is 14.6. The lowest BCUT2D eigenvalue weighted by Crippen LogP contribution is -2.40. The van der Waals surface area contributed by atoms with Gasteiger partial charge >= 0.3 is 0 Å². The van der Waals surface area contributed by atoms with E-state index in [-0.39, 0.29) is 6.04 Å².